The zero-order valence-corrected chi connectivity index (χ0v) is 13.4. The van der Waals surface area contributed by atoms with E-state index in [2.05, 4.69) is 0 Å². The first-order valence-electron chi connectivity index (χ1n) is 7.54. The first-order valence-corrected chi connectivity index (χ1v) is 7.92. The number of phenols is 1. The summed E-state index contributed by atoms with van der Waals surface area (Å²) in [4.78, 5) is 14.3. The normalized spacial score (nSPS) is 18.0. The Bertz CT molecular complexity index is 687. The van der Waals surface area contributed by atoms with Crippen molar-refractivity contribution in [3.63, 3.8) is 0 Å². The maximum atomic E-state index is 12.5. The highest BCUT2D eigenvalue weighted by Crippen LogP contribution is 2.25. The van der Waals surface area contributed by atoms with Crippen molar-refractivity contribution in [2.45, 2.75) is 12.5 Å². The standard InChI is InChI=1S/C18H18ClNO3/c19-15-3-1-2-14(11-15)17-12-20(8-9-23-17)18(22)10-13-4-6-16(21)7-5-13/h1-7,11,17,21H,8-10,12H2/t17-/m1/s1. The minimum absolute atomic E-state index is 0.0611. The van der Waals surface area contributed by atoms with Crippen molar-refractivity contribution in [1.29, 1.82) is 0 Å². The number of hydrogen-bond acceptors (Lipinski definition) is 3. The van der Waals surface area contributed by atoms with E-state index in [1.165, 1.54) is 0 Å². The van der Waals surface area contributed by atoms with E-state index in [0.717, 1.165) is 11.1 Å². The maximum absolute atomic E-state index is 12.5. The molecule has 0 aromatic heterocycles. The van der Waals surface area contributed by atoms with E-state index in [0.29, 0.717) is 31.1 Å². The van der Waals surface area contributed by atoms with E-state index in [-0.39, 0.29) is 17.8 Å². The number of carbonyl (C=O) groups is 1. The Morgan fingerprint density at radius 3 is 2.78 bits per heavy atom. The largest absolute Gasteiger partial charge is 0.508 e. The van der Waals surface area contributed by atoms with E-state index < -0.39 is 0 Å². The summed E-state index contributed by atoms with van der Waals surface area (Å²) in [5.74, 6) is 0.264. The van der Waals surface area contributed by atoms with Crippen LogP contribution >= 0.6 is 11.6 Å². The molecule has 5 heteroatoms. The molecule has 2 aromatic rings. The molecule has 1 amide bonds. The third-order valence-corrected chi connectivity index (χ3v) is 4.17. The molecule has 1 fully saturated rings. The monoisotopic (exact) mass is 331 g/mol. The van der Waals surface area contributed by atoms with Crippen LogP contribution in [-0.2, 0) is 16.0 Å². The molecule has 1 atom stereocenters. The Morgan fingerprint density at radius 2 is 2.04 bits per heavy atom. The molecule has 23 heavy (non-hydrogen) atoms. The van der Waals surface area contributed by atoms with Gasteiger partial charge in [0.15, 0.2) is 0 Å². The average molecular weight is 332 g/mol. The van der Waals surface area contributed by atoms with Gasteiger partial charge in [-0.3, -0.25) is 4.79 Å². The molecule has 1 aliphatic rings. The molecule has 0 aliphatic carbocycles. The number of phenolic OH excluding ortho intramolecular Hbond substituents is 1. The molecule has 1 aliphatic heterocycles. The van der Waals surface area contributed by atoms with Crippen LogP contribution in [0.2, 0.25) is 5.02 Å². The highest BCUT2D eigenvalue weighted by molar-refractivity contribution is 6.30. The van der Waals surface area contributed by atoms with Gasteiger partial charge in [-0.2, -0.15) is 0 Å². The Balaban J connectivity index is 1.65. The number of rotatable bonds is 3. The fourth-order valence-corrected chi connectivity index (χ4v) is 2.88. The lowest BCUT2D eigenvalue weighted by Crippen LogP contribution is -2.42. The summed E-state index contributed by atoms with van der Waals surface area (Å²) in [6, 6.07) is 14.3. The number of hydrogen-bond donors (Lipinski definition) is 1. The van der Waals surface area contributed by atoms with E-state index >= 15 is 0 Å². The summed E-state index contributed by atoms with van der Waals surface area (Å²) in [6.45, 7) is 1.63. The van der Waals surface area contributed by atoms with Gasteiger partial charge in [0.05, 0.1) is 19.6 Å². The molecular weight excluding hydrogens is 314 g/mol. The van der Waals surface area contributed by atoms with Gasteiger partial charge in [-0.25, -0.2) is 0 Å². The number of halogens is 1. The first-order chi connectivity index (χ1) is 11.1. The number of nitrogens with zero attached hydrogens (tertiary/aromatic N) is 1. The van der Waals surface area contributed by atoms with Gasteiger partial charge >= 0.3 is 0 Å². The van der Waals surface area contributed by atoms with Gasteiger partial charge in [0.2, 0.25) is 5.91 Å². The zero-order valence-electron chi connectivity index (χ0n) is 12.6. The highest BCUT2D eigenvalue weighted by atomic mass is 35.5. The fourth-order valence-electron chi connectivity index (χ4n) is 2.68. The number of aromatic hydroxyl groups is 1. The van der Waals surface area contributed by atoms with E-state index in [1.807, 2.05) is 29.2 Å². The zero-order chi connectivity index (χ0) is 16.2. The van der Waals surface area contributed by atoms with Crippen molar-refractivity contribution in [1.82, 2.24) is 4.90 Å². The van der Waals surface area contributed by atoms with Crippen molar-refractivity contribution in [3.05, 3.63) is 64.7 Å². The molecular formula is C18H18ClNO3. The summed E-state index contributed by atoms with van der Waals surface area (Å²) in [7, 11) is 0. The van der Waals surface area contributed by atoms with Crippen molar-refractivity contribution in [2.75, 3.05) is 19.7 Å². The summed E-state index contributed by atoms with van der Waals surface area (Å²) < 4.78 is 5.78. The second-order valence-corrected chi connectivity index (χ2v) is 6.03. The van der Waals surface area contributed by atoms with E-state index in [4.69, 9.17) is 16.3 Å². The van der Waals surface area contributed by atoms with Crippen LogP contribution in [0.1, 0.15) is 17.2 Å². The average Bonchev–Trinajstić information content (AvgIpc) is 2.57. The van der Waals surface area contributed by atoms with Crippen LogP contribution in [0.15, 0.2) is 48.5 Å². The summed E-state index contributed by atoms with van der Waals surface area (Å²) >= 11 is 6.03. The van der Waals surface area contributed by atoms with Crippen molar-refractivity contribution < 1.29 is 14.6 Å². The molecule has 0 spiro atoms. The molecule has 1 N–H and O–H groups in total. The van der Waals surface area contributed by atoms with Crippen LogP contribution < -0.4 is 0 Å². The third kappa shape index (κ3) is 4.03. The van der Waals surface area contributed by atoms with Crippen LogP contribution in [0, 0.1) is 0 Å². The lowest BCUT2D eigenvalue weighted by atomic mass is 10.1. The minimum Gasteiger partial charge on any atom is -0.508 e. The molecule has 0 bridgehead atoms. The van der Waals surface area contributed by atoms with E-state index in [9.17, 15) is 9.90 Å². The third-order valence-electron chi connectivity index (χ3n) is 3.93. The first kappa shape index (κ1) is 15.8. The molecule has 0 saturated carbocycles. The second kappa shape index (κ2) is 7.02. The fraction of sp³-hybridized carbons (Fsp3) is 0.278. The Kier molecular flexibility index (Phi) is 4.84. The van der Waals surface area contributed by atoms with Crippen LogP contribution in [0.3, 0.4) is 0 Å². The summed E-state index contributed by atoms with van der Waals surface area (Å²) in [5.41, 5.74) is 1.87. The number of carbonyl (C=O) groups excluding carboxylic acids is 1. The van der Waals surface area contributed by atoms with Gasteiger partial charge in [-0.15, -0.1) is 0 Å². The van der Waals surface area contributed by atoms with Gasteiger partial charge < -0.3 is 14.7 Å². The van der Waals surface area contributed by atoms with Crippen molar-refractivity contribution in [2.24, 2.45) is 0 Å². The number of ether oxygens (including phenoxy) is 1. The van der Waals surface area contributed by atoms with Crippen LogP contribution in [-0.4, -0.2) is 35.6 Å². The maximum Gasteiger partial charge on any atom is 0.227 e. The molecule has 0 radical (unpaired) electrons. The molecule has 4 nitrogen and oxygen atoms in total. The van der Waals surface area contributed by atoms with Crippen LogP contribution in [0.4, 0.5) is 0 Å². The van der Waals surface area contributed by atoms with Crippen LogP contribution in [0.5, 0.6) is 5.75 Å². The Labute approximate surface area is 140 Å². The van der Waals surface area contributed by atoms with E-state index in [1.54, 1.807) is 24.3 Å². The molecule has 1 heterocycles. The lowest BCUT2D eigenvalue weighted by Gasteiger charge is -2.33. The van der Waals surface area contributed by atoms with Crippen molar-refractivity contribution >= 4 is 17.5 Å². The van der Waals surface area contributed by atoms with Gasteiger partial charge in [0, 0.05) is 11.6 Å². The van der Waals surface area contributed by atoms with Gasteiger partial charge in [0.25, 0.3) is 0 Å². The minimum atomic E-state index is -0.147. The second-order valence-electron chi connectivity index (χ2n) is 5.60. The number of morpholine rings is 1. The molecule has 2 aromatic carbocycles. The van der Waals surface area contributed by atoms with Crippen LogP contribution in [0.25, 0.3) is 0 Å². The quantitative estimate of drug-likeness (QED) is 0.939. The van der Waals surface area contributed by atoms with Gasteiger partial charge in [-0.05, 0) is 35.4 Å². The molecule has 0 unspecified atom stereocenters. The van der Waals surface area contributed by atoms with Crippen molar-refractivity contribution in [3.8, 4) is 5.75 Å². The summed E-state index contributed by atoms with van der Waals surface area (Å²) in [6.07, 6.45) is 0.175. The smallest absolute Gasteiger partial charge is 0.227 e. The Hall–Kier alpha value is -2.04. The lowest BCUT2D eigenvalue weighted by molar-refractivity contribution is -0.138. The number of amides is 1. The predicted molar refractivity (Wildman–Crippen MR) is 88.5 cm³/mol. The van der Waals surface area contributed by atoms with Gasteiger partial charge in [0.1, 0.15) is 11.9 Å². The molecule has 3 rings (SSSR count). The highest BCUT2D eigenvalue weighted by Gasteiger charge is 2.25. The topological polar surface area (TPSA) is 49.8 Å². The molecule has 1 saturated heterocycles. The summed E-state index contributed by atoms with van der Waals surface area (Å²) in [5, 5.41) is 9.97. The van der Waals surface area contributed by atoms with Gasteiger partial charge in [-0.1, -0.05) is 35.9 Å². The predicted octanol–water partition coefficient (Wildman–Crippen LogP) is 3.19. The number of benzene rings is 2. The SMILES string of the molecule is O=C(Cc1ccc(O)cc1)N1CCO[C@@H](c2cccc(Cl)c2)C1. The molecule has 120 valence electrons. The Morgan fingerprint density at radius 1 is 1.26 bits per heavy atom.